The third-order valence-corrected chi connectivity index (χ3v) is 1.60. The van der Waals surface area contributed by atoms with Crippen molar-refractivity contribution in [1.82, 2.24) is 0 Å². The van der Waals surface area contributed by atoms with E-state index in [0.717, 1.165) is 0 Å². The van der Waals surface area contributed by atoms with E-state index in [1.165, 1.54) is 6.26 Å². The molecular weight excluding hydrogens is 194 g/mol. The van der Waals surface area contributed by atoms with Crippen LogP contribution in [-0.4, -0.2) is 11.4 Å². The van der Waals surface area contributed by atoms with E-state index in [2.05, 4.69) is 4.42 Å². The Morgan fingerprint density at radius 3 is 2.27 bits per heavy atom. The second kappa shape index (κ2) is 5.49. The normalized spacial score (nSPS) is 8.80. The van der Waals surface area contributed by atoms with Crippen molar-refractivity contribution < 1.29 is 14.3 Å². The van der Waals surface area contributed by atoms with Crippen LogP contribution in [0, 0.1) is 0 Å². The maximum absolute atomic E-state index is 9.77. The number of nitrogen functional groups attached to an aromatic ring is 1. The van der Waals surface area contributed by atoms with Crippen LogP contribution in [0.25, 0.3) is 0 Å². The maximum atomic E-state index is 9.77. The fourth-order valence-corrected chi connectivity index (χ4v) is 0.846. The molecule has 0 amide bonds. The number of para-hydroxylation sites is 2. The Morgan fingerprint density at radius 2 is 1.93 bits per heavy atom. The molecule has 0 atom stereocenters. The Labute approximate surface area is 86.9 Å². The van der Waals surface area contributed by atoms with Crippen molar-refractivity contribution in [2.24, 2.45) is 0 Å². The molecule has 0 unspecified atom stereocenters. The second-order valence-electron chi connectivity index (χ2n) is 2.69. The molecule has 0 saturated carbocycles. The molecule has 1 aromatic carbocycles. The number of hydrogen-bond donors (Lipinski definition) is 2. The Hall–Kier alpha value is -2.23. The number of aldehydes is 1. The zero-order valence-electron chi connectivity index (χ0n) is 7.96. The van der Waals surface area contributed by atoms with Gasteiger partial charge in [0.1, 0.15) is 5.75 Å². The van der Waals surface area contributed by atoms with Crippen molar-refractivity contribution >= 4 is 12.0 Å². The van der Waals surface area contributed by atoms with Crippen molar-refractivity contribution in [2.45, 2.75) is 0 Å². The third-order valence-electron chi connectivity index (χ3n) is 1.60. The van der Waals surface area contributed by atoms with Crippen molar-refractivity contribution in [2.75, 3.05) is 5.73 Å². The van der Waals surface area contributed by atoms with Gasteiger partial charge in [-0.2, -0.15) is 0 Å². The van der Waals surface area contributed by atoms with Gasteiger partial charge in [-0.15, -0.1) is 0 Å². The third kappa shape index (κ3) is 3.56. The van der Waals surface area contributed by atoms with Gasteiger partial charge in [0, 0.05) is 0 Å². The highest BCUT2D eigenvalue weighted by Crippen LogP contribution is 2.16. The summed E-state index contributed by atoms with van der Waals surface area (Å²) in [5.41, 5.74) is 5.69. The van der Waals surface area contributed by atoms with Crippen molar-refractivity contribution in [3.63, 3.8) is 0 Å². The summed E-state index contributed by atoms with van der Waals surface area (Å²) in [6.07, 6.45) is 2.13. The van der Waals surface area contributed by atoms with Crippen LogP contribution in [0.1, 0.15) is 10.6 Å². The summed E-state index contributed by atoms with van der Waals surface area (Å²) < 4.78 is 4.61. The van der Waals surface area contributed by atoms with Crippen molar-refractivity contribution in [3.05, 3.63) is 48.4 Å². The first-order valence-corrected chi connectivity index (χ1v) is 4.26. The number of carbonyl (C=O) groups excluding carboxylic acids is 1. The molecule has 0 bridgehead atoms. The Bertz CT molecular complexity index is 389. The smallest absolute Gasteiger partial charge is 0.185 e. The number of hydrogen-bond acceptors (Lipinski definition) is 4. The van der Waals surface area contributed by atoms with Gasteiger partial charge in [-0.05, 0) is 24.3 Å². The zero-order valence-corrected chi connectivity index (χ0v) is 7.96. The lowest BCUT2D eigenvalue weighted by atomic mass is 10.3. The number of furan rings is 1. The predicted octanol–water partition coefficient (Wildman–Crippen LogP) is 2.07. The molecule has 78 valence electrons. The van der Waals surface area contributed by atoms with Gasteiger partial charge < -0.3 is 15.3 Å². The monoisotopic (exact) mass is 205 g/mol. The molecule has 3 N–H and O–H groups in total. The molecule has 0 aliphatic carbocycles. The molecule has 0 spiro atoms. The number of aromatic hydroxyl groups is 1. The quantitative estimate of drug-likeness (QED) is 0.424. The van der Waals surface area contributed by atoms with E-state index in [4.69, 9.17) is 10.8 Å². The number of carbonyl (C=O) groups is 1. The number of anilines is 1. The van der Waals surface area contributed by atoms with Gasteiger partial charge in [0.2, 0.25) is 0 Å². The van der Waals surface area contributed by atoms with Gasteiger partial charge in [-0.1, -0.05) is 12.1 Å². The lowest BCUT2D eigenvalue weighted by Crippen LogP contribution is -1.82. The van der Waals surface area contributed by atoms with Crippen LogP contribution in [0.3, 0.4) is 0 Å². The molecular formula is C11H11NO3. The van der Waals surface area contributed by atoms with E-state index in [1.54, 1.807) is 36.4 Å². The van der Waals surface area contributed by atoms with E-state index in [-0.39, 0.29) is 5.75 Å². The fraction of sp³-hybridized carbons (Fsp3) is 0. The molecule has 0 aliphatic heterocycles. The standard InChI is InChI=1S/C6H7NO.C5H4O2/c7-5-3-1-2-4-6(5)8;6-4-5-2-1-3-7-5/h1-4,8H,7H2;1-4H. The Balaban J connectivity index is 0.000000151. The first-order chi connectivity index (χ1) is 7.24. The van der Waals surface area contributed by atoms with Gasteiger partial charge in [-0.25, -0.2) is 0 Å². The summed E-state index contributed by atoms with van der Waals surface area (Å²) in [4.78, 5) is 9.77. The van der Waals surface area contributed by atoms with Crippen LogP contribution >= 0.6 is 0 Å². The maximum Gasteiger partial charge on any atom is 0.185 e. The SMILES string of the molecule is Nc1ccccc1O.O=Cc1ccco1. The van der Waals surface area contributed by atoms with Gasteiger partial charge in [-0.3, -0.25) is 4.79 Å². The highest BCUT2D eigenvalue weighted by atomic mass is 16.3. The molecule has 4 nitrogen and oxygen atoms in total. The number of rotatable bonds is 1. The summed E-state index contributed by atoms with van der Waals surface area (Å²) in [5, 5.41) is 8.79. The highest BCUT2D eigenvalue weighted by molar-refractivity contribution is 5.69. The number of phenolic OH excluding ortho intramolecular Hbond substituents is 1. The minimum Gasteiger partial charge on any atom is -0.506 e. The van der Waals surface area contributed by atoms with E-state index >= 15 is 0 Å². The van der Waals surface area contributed by atoms with Crippen molar-refractivity contribution in [3.8, 4) is 5.75 Å². The predicted molar refractivity (Wildman–Crippen MR) is 56.6 cm³/mol. The summed E-state index contributed by atoms with van der Waals surface area (Å²) in [6, 6.07) is 9.97. The number of benzene rings is 1. The average Bonchev–Trinajstić information content (AvgIpc) is 2.76. The number of phenols is 1. The average molecular weight is 205 g/mol. The van der Waals surface area contributed by atoms with E-state index < -0.39 is 0 Å². The largest absolute Gasteiger partial charge is 0.506 e. The summed E-state index contributed by atoms with van der Waals surface area (Å²) in [5.74, 6) is 0.521. The molecule has 0 radical (unpaired) electrons. The Morgan fingerprint density at radius 1 is 1.20 bits per heavy atom. The summed E-state index contributed by atoms with van der Waals surface area (Å²) in [7, 11) is 0. The lowest BCUT2D eigenvalue weighted by Gasteiger charge is -1.92. The van der Waals surface area contributed by atoms with Gasteiger partial charge in [0.25, 0.3) is 0 Å². The van der Waals surface area contributed by atoms with Crippen LogP contribution in [0.2, 0.25) is 0 Å². The first-order valence-electron chi connectivity index (χ1n) is 4.26. The van der Waals surface area contributed by atoms with Crippen molar-refractivity contribution in [1.29, 1.82) is 0 Å². The van der Waals surface area contributed by atoms with Crippen LogP contribution in [0.5, 0.6) is 5.75 Å². The number of nitrogens with two attached hydrogens (primary N) is 1. The van der Waals surface area contributed by atoms with Gasteiger partial charge in [0.05, 0.1) is 12.0 Å². The highest BCUT2D eigenvalue weighted by Gasteiger charge is 1.87. The minimum atomic E-state index is 0.146. The molecule has 1 heterocycles. The van der Waals surface area contributed by atoms with Crippen LogP contribution in [0.15, 0.2) is 47.1 Å². The summed E-state index contributed by atoms with van der Waals surface area (Å²) in [6.45, 7) is 0. The van der Waals surface area contributed by atoms with Gasteiger partial charge in [0.15, 0.2) is 12.0 Å². The molecule has 4 heteroatoms. The van der Waals surface area contributed by atoms with Gasteiger partial charge >= 0.3 is 0 Å². The molecule has 0 saturated heterocycles. The molecule has 1 aromatic heterocycles. The minimum absolute atomic E-state index is 0.146. The zero-order chi connectivity index (χ0) is 11.1. The van der Waals surface area contributed by atoms with Crippen LogP contribution in [0.4, 0.5) is 5.69 Å². The first kappa shape index (κ1) is 10.8. The fourth-order valence-electron chi connectivity index (χ4n) is 0.846. The Kier molecular flexibility index (Phi) is 3.97. The summed E-state index contributed by atoms with van der Waals surface area (Å²) >= 11 is 0. The van der Waals surface area contributed by atoms with E-state index in [1.807, 2.05) is 0 Å². The topological polar surface area (TPSA) is 76.5 Å². The second-order valence-corrected chi connectivity index (χ2v) is 2.69. The van der Waals surface area contributed by atoms with E-state index in [0.29, 0.717) is 17.7 Å². The van der Waals surface area contributed by atoms with E-state index in [9.17, 15) is 4.79 Å². The molecule has 2 aromatic rings. The van der Waals surface area contributed by atoms with Crippen LogP contribution < -0.4 is 5.73 Å². The molecule has 0 aliphatic rings. The molecule has 0 fully saturated rings. The van der Waals surface area contributed by atoms with Crippen LogP contribution in [-0.2, 0) is 0 Å². The molecule has 2 rings (SSSR count). The molecule has 15 heavy (non-hydrogen) atoms. The lowest BCUT2D eigenvalue weighted by molar-refractivity contribution is 0.110.